The fraction of sp³-hybridized carbons (Fsp3) is 0.857. The first-order valence-corrected chi connectivity index (χ1v) is 9.55. The van der Waals surface area contributed by atoms with E-state index in [4.69, 9.17) is 0 Å². The van der Waals surface area contributed by atoms with Crippen LogP contribution in [0.4, 0.5) is 0 Å². The van der Waals surface area contributed by atoms with Gasteiger partial charge in [-0.05, 0) is 45.3 Å². The van der Waals surface area contributed by atoms with Crippen LogP contribution in [0.3, 0.4) is 0 Å². The summed E-state index contributed by atoms with van der Waals surface area (Å²) in [6.45, 7) is 8.72. The highest BCUT2D eigenvalue weighted by molar-refractivity contribution is 6.64. The van der Waals surface area contributed by atoms with E-state index in [1.165, 1.54) is 63.8 Å². The van der Waals surface area contributed by atoms with Crippen molar-refractivity contribution in [1.82, 2.24) is 4.90 Å². The SMILES string of the molecule is CC[SiH](C=CCCCN1CCCCC1)CC. The molecule has 0 aromatic rings. The zero-order valence-electron chi connectivity index (χ0n) is 11.3. The van der Waals surface area contributed by atoms with E-state index in [9.17, 15) is 0 Å². The second-order valence-electron chi connectivity index (χ2n) is 5.05. The van der Waals surface area contributed by atoms with E-state index in [1.807, 2.05) is 0 Å². The summed E-state index contributed by atoms with van der Waals surface area (Å²) in [5, 5.41) is 0. The van der Waals surface area contributed by atoms with Crippen molar-refractivity contribution in [1.29, 1.82) is 0 Å². The van der Waals surface area contributed by atoms with Gasteiger partial charge in [-0.2, -0.15) is 0 Å². The highest BCUT2D eigenvalue weighted by Crippen LogP contribution is 2.09. The number of hydrogen-bond acceptors (Lipinski definition) is 1. The molecule has 0 N–H and O–H groups in total. The fourth-order valence-electron chi connectivity index (χ4n) is 2.47. The van der Waals surface area contributed by atoms with Gasteiger partial charge in [0, 0.05) is 0 Å². The van der Waals surface area contributed by atoms with Crippen molar-refractivity contribution in [3.05, 3.63) is 11.8 Å². The lowest BCUT2D eigenvalue weighted by Crippen LogP contribution is -2.30. The molecule has 0 aromatic carbocycles. The van der Waals surface area contributed by atoms with Gasteiger partial charge in [-0.15, -0.1) is 5.70 Å². The molecular weight excluding hydrogens is 210 g/mol. The normalized spacial score (nSPS) is 18.7. The number of unbranched alkanes of at least 4 members (excludes halogenated alkanes) is 1. The van der Waals surface area contributed by atoms with Gasteiger partial charge in [-0.1, -0.05) is 38.4 Å². The smallest absolute Gasteiger partial charge is 0.0605 e. The summed E-state index contributed by atoms with van der Waals surface area (Å²) in [5.74, 6) is 0. The molecule has 0 bridgehead atoms. The van der Waals surface area contributed by atoms with Crippen molar-refractivity contribution >= 4 is 8.80 Å². The maximum atomic E-state index is 2.64. The third-order valence-electron chi connectivity index (χ3n) is 3.75. The van der Waals surface area contributed by atoms with Crippen molar-refractivity contribution in [3.63, 3.8) is 0 Å². The van der Waals surface area contributed by atoms with E-state index in [1.54, 1.807) is 0 Å². The van der Waals surface area contributed by atoms with Crippen molar-refractivity contribution in [2.45, 2.75) is 58.0 Å². The number of likely N-dealkylation sites (tertiary alicyclic amines) is 1. The standard InChI is InChI=1S/C14H29NSi/c1-3-16(4-2)14-10-6-9-13-15-11-7-5-8-12-15/h10,14,16H,3-9,11-13H2,1-2H3. The summed E-state index contributed by atoms with van der Waals surface area (Å²) in [7, 11) is -0.463. The Morgan fingerprint density at radius 1 is 1.06 bits per heavy atom. The van der Waals surface area contributed by atoms with Crippen LogP contribution in [0.1, 0.15) is 46.0 Å². The third kappa shape index (κ3) is 5.85. The Morgan fingerprint density at radius 2 is 1.75 bits per heavy atom. The van der Waals surface area contributed by atoms with E-state index in [-0.39, 0.29) is 0 Å². The van der Waals surface area contributed by atoms with Gasteiger partial charge < -0.3 is 4.90 Å². The van der Waals surface area contributed by atoms with Crippen molar-refractivity contribution < 1.29 is 0 Å². The Labute approximate surface area is 104 Å². The Kier molecular flexibility index (Phi) is 7.86. The molecule has 1 heterocycles. The molecule has 1 rings (SSSR count). The average molecular weight is 239 g/mol. The maximum absolute atomic E-state index is 2.64. The van der Waals surface area contributed by atoms with Crippen molar-refractivity contribution in [2.75, 3.05) is 19.6 Å². The molecule has 0 saturated carbocycles. The lowest BCUT2D eigenvalue weighted by molar-refractivity contribution is 0.227. The first-order chi connectivity index (χ1) is 7.86. The third-order valence-corrected chi connectivity index (χ3v) is 6.66. The quantitative estimate of drug-likeness (QED) is 0.484. The molecule has 0 unspecified atom stereocenters. The summed E-state index contributed by atoms with van der Waals surface area (Å²) in [6, 6.07) is 2.86. The lowest BCUT2D eigenvalue weighted by atomic mass is 10.1. The topological polar surface area (TPSA) is 3.24 Å². The summed E-state index contributed by atoms with van der Waals surface area (Å²) < 4.78 is 0. The van der Waals surface area contributed by atoms with Crippen LogP contribution in [-0.4, -0.2) is 33.3 Å². The van der Waals surface area contributed by atoms with Crippen LogP contribution in [0.2, 0.25) is 12.1 Å². The van der Waals surface area contributed by atoms with E-state index in [2.05, 4.69) is 30.5 Å². The molecule has 1 nitrogen and oxygen atoms in total. The van der Waals surface area contributed by atoms with Gasteiger partial charge in [0.15, 0.2) is 0 Å². The maximum Gasteiger partial charge on any atom is 0.0605 e. The van der Waals surface area contributed by atoms with E-state index in [0.717, 1.165) is 0 Å². The van der Waals surface area contributed by atoms with Gasteiger partial charge in [-0.25, -0.2) is 0 Å². The molecule has 1 saturated heterocycles. The minimum Gasteiger partial charge on any atom is -0.303 e. The van der Waals surface area contributed by atoms with E-state index >= 15 is 0 Å². The zero-order chi connectivity index (χ0) is 11.6. The second-order valence-corrected chi connectivity index (χ2v) is 8.59. The Bertz CT molecular complexity index is 181. The molecule has 1 fully saturated rings. The number of nitrogens with zero attached hydrogens (tertiary/aromatic N) is 1. The number of hydrogen-bond donors (Lipinski definition) is 0. The zero-order valence-corrected chi connectivity index (χ0v) is 12.4. The molecule has 0 spiro atoms. The highest BCUT2D eigenvalue weighted by atomic mass is 28.3. The number of piperidine rings is 1. The Hall–Kier alpha value is -0.0831. The molecule has 1 aliphatic rings. The average Bonchev–Trinajstić information content (AvgIpc) is 2.35. The van der Waals surface area contributed by atoms with Crippen LogP contribution in [0.5, 0.6) is 0 Å². The van der Waals surface area contributed by atoms with Crippen LogP contribution in [0.25, 0.3) is 0 Å². The Morgan fingerprint density at radius 3 is 2.38 bits per heavy atom. The van der Waals surface area contributed by atoms with Gasteiger partial charge in [-0.3, -0.25) is 0 Å². The highest BCUT2D eigenvalue weighted by Gasteiger charge is 2.08. The molecule has 0 amide bonds. The molecule has 0 atom stereocenters. The van der Waals surface area contributed by atoms with Crippen molar-refractivity contribution in [2.24, 2.45) is 0 Å². The van der Waals surface area contributed by atoms with Gasteiger partial charge in [0.2, 0.25) is 0 Å². The summed E-state index contributed by atoms with van der Waals surface area (Å²) >= 11 is 0. The minimum absolute atomic E-state index is 0.463. The van der Waals surface area contributed by atoms with Crippen LogP contribution >= 0.6 is 0 Å². The fourth-order valence-corrected chi connectivity index (χ4v) is 4.16. The lowest BCUT2D eigenvalue weighted by Gasteiger charge is -2.26. The second kappa shape index (κ2) is 9.00. The summed E-state index contributed by atoms with van der Waals surface area (Å²) in [4.78, 5) is 2.64. The first kappa shape index (κ1) is 14.0. The Balaban J connectivity index is 2.01. The number of rotatable bonds is 7. The molecule has 94 valence electrons. The van der Waals surface area contributed by atoms with Gasteiger partial charge in [0.05, 0.1) is 8.80 Å². The molecule has 0 aromatic heterocycles. The van der Waals surface area contributed by atoms with Crippen molar-refractivity contribution in [3.8, 4) is 0 Å². The van der Waals surface area contributed by atoms with E-state index in [0.29, 0.717) is 0 Å². The molecule has 0 aliphatic carbocycles. The monoisotopic (exact) mass is 239 g/mol. The molecule has 2 heteroatoms. The molecule has 0 radical (unpaired) electrons. The largest absolute Gasteiger partial charge is 0.303 e. The van der Waals surface area contributed by atoms with Gasteiger partial charge >= 0.3 is 0 Å². The van der Waals surface area contributed by atoms with Crippen LogP contribution < -0.4 is 0 Å². The number of allylic oxidation sites excluding steroid dienone is 1. The molecule has 16 heavy (non-hydrogen) atoms. The molecular formula is C14H29NSi. The predicted molar refractivity (Wildman–Crippen MR) is 76.8 cm³/mol. The predicted octanol–water partition coefficient (Wildman–Crippen LogP) is 3.61. The van der Waals surface area contributed by atoms with E-state index < -0.39 is 8.80 Å². The van der Waals surface area contributed by atoms with Crippen LogP contribution in [0.15, 0.2) is 11.8 Å². The summed E-state index contributed by atoms with van der Waals surface area (Å²) in [5.41, 5.74) is 2.57. The minimum atomic E-state index is -0.463. The first-order valence-electron chi connectivity index (χ1n) is 7.25. The van der Waals surface area contributed by atoms with Crippen LogP contribution in [-0.2, 0) is 0 Å². The molecule has 1 aliphatic heterocycles. The summed E-state index contributed by atoms with van der Waals surface area (Å²) in [6.07, 6.45) is 9.45. The van der Waals surface area contributed by atoms with Crippen LogP contribution in [0, 0.1) is 0 Å². The van der Waals surface area contributed by atoms with Gasteiger partial charge in [0.25, 0.3) is 0 Å². The van der Waals surface area contributed by atoms with Gasteiger partial charge in [0.1, 0.15) is 0 Å².